The van der Waals surface area contributed by atoms with Crippen LogP contribution in [0.4, 0.5) is 0 Å². The van der Waals surface area contributed by atoms with Gasteiger partial charge in [-0.1, -0.05) is 113 Å². The van der Waals surface area contributed by atoms with Crippen LogP contribution < -0.4 is 4.74 Å². The molecule has 5 rings (SSSR count). The fourth-order valence-corrected chi connectivity index (χ4v) is 6.04. The summed E-state index contributed by atoms with van der Waals surface area (Å²) in [6.07, 6.45) is 1.74. The third-order valence-electron chi connectivity index (χ3n) is 6.02. The minimum absolute atomic E-state index is 0.151. The van der Waals surface area contributed by atoms with Crippen molar-refractivity contribution >= 4 is 75.3 Å². The summed E-state index contributed by atoms with van der Waals surface area (Å²) in [5.41, 5.74) is 3.37. The summed E-state index contributed by atoms with van der Waals surface area (Å²) in [5, 5.41) is 2.37. The van der Waals surface area contributed by atoms with E-state index in [-0.39, 0.29) is 12.5 Å². The molecule has 0 atom stereocenters. The Kier molecular flexibility index (Phi) is 9.40. The molecule has 1 heterocycles. The van der Waals surface area contributed by atoms with Crippen molar-refractivity contribution in [1.82, 2.24) is 4.90 Å². The molecule has 1 aliphatic heterocycles. The van der Waals surface area contributed by atoms with Crippen molar-refractivity contribution in [3.63, 3.8) is 0 Å². The molecule has 40 heavy (non-hydrogen) atoms. The molecule has 0 aromatic heterocycles. The Morgan fingerprint density at radius 1 is 0.800 bits per heavy atom. The fourth-order valence-electron chi connectivity index (χ4n) is 4.04. The van der Waals surface area contributed by atoms with Gasteiger partial charge in [0.05, 0.1) is 23.0 Å². The molecule has 0 saturated carbocycles. The predicted molar refractivity (Wildman–Crippen MR) is 167 cm³/mol. The largest absolute Gasteiger partial charge is 0.487 e. The Balaban J connectivity index is 1.46. The summed E-state index contributed by atoms with van der Waals surface area (Å²) >= 11 is 26.6. The zero-order valence-corrected chi connectivity index (χ0v) is 24.8. The number of carbonyl (C=O) groups excluding carboxylic acids is 1. The molecule has 1 saturated heterocycles. The fraction of sp³-hybridized carbons (Fsp3) is 0.0968. The summed E-state index contributed by atoms with van der Waals surface area (Å²) in [5.74, 6) is 0.228. The number of rotatable bonds is 8. The maximum absolute atomic E-state index is 13.7. The lowest BCUT2D eigenvalue weighted by atomic mass is 10.1. The first-order valence-corrected chi connectivity index (χ1v) is 14.6. The lowest BCUT2D eigenvalue weighted by molar-refractivity contribution is -0.122. The number of amides is 1. The van der Waals surface area contributed by atoms with Crippen LogP contribution in [0.2, 0.25) is 20.1 Å². The number of nitrogens with zero attached hydrogens (tertiary/aromatic N) is 2. The molecule has 4 nitrogen and oxygen atoms in total. The van der Waals surface area contributed by atoms with Crippen molar-refractivity contribution in [2.24, 2.45) is 4.99 Å². The molecule has 4 aromatic rings. The van der Waals surface area contributed by atoms with Gasteiger partial charge >= 0.3 is 0 Å². The standard InChI is InChI=1S/C31H22Cl4N2O2S/c32-24-12-11-22(26(34)15-24)19-39-29-23(13-25(33)16-27(29)35)14-28-30(38)37(18-21-9-5-2-6-10-21)31(40-28)36-17-20-7-3-1-4-8-20/h1-16H,17-19H2/b28-14+,36-31?. The van der Waals surface area contributed by atoms with E-state index >= 15 is 0 Å². The topological polar surface area (TPSA) is 41.9 Å². The van der Waals surface area contributed by atoms with Crippen molar-refractivity contribution in [3.8, 4) is 5.75 Å². The monoisotopic (exact) mass is 626 g/mol. The molecule has 202 valence electrons. The van der Waals surface area contributed by atoms with Crippen molar-refractivity contribution < 1.29 is 9.53 Å². The Labute approximate surface area is 257 Å². The van der Waals surface area contributed by atoms with Gasteiger partial charge in [-0.25, -0.2) is 0 Å². The minimum Gasteiger partial charge on any atom is -0.487 e. The Morgan fingerprint density at radius 2 is 1.48 bits per heavy atom. The molecule has 1 fully saturated rings. The van der Waals surface area contributed by atoms with Crippen LogP contribution in [-0.2, 0) is 24.5 Å². The van der Waals surface area contributed by atoms with Crippen LogP contribution in [0.5, 0.6) is 5.75 Å². The molecule has 0 bridgehead atoms. The Hall–Kier alpha value is -2.93. The van der Waals surface area contributed by atoms with Gasteiger partial charge in [-0.2, -0.15) is 0 Å². The first-order valence-electron chi connectivity index (χ1n) is 12.3. The van der Waals surface area contributed by atoms with Gasteiger partial charge in [0.1, 0.15) is 12.4 Å². The minimum atomic E-state index is -0.163. The highest BCUT2D eigenvalue weighted by molar-refractivity contribution is 8.18. The van der Waals surface area contributed by atoms with Crippen molar-refractivity contribution in [3.05, 3.63) is 138 Å². The lowest BCUT2D eigenvalue weighted by Gasteiger charge is -2.16. The highest BCUT2D eigenvalue weighted by atomic mass is 35.5. The summed E-state index contributed by atoms with van der Waals surface area (Å²) in [6.45, 7) is 0.999. The average molecular weight is 628 g/mol. The SMILES string of the molecule is O=C1/C(=C\c2cc(Cl)cc(Cl)c2OCc2ccc(Cl)cc2Cl)SC(=NCc2ccccc2)N1Cc1ccccc1. The number of halogens is 4. The van der Waals surface area contributed by atoms with E-state index in [4.69, 9.17) is 56.1 Å². The average Bonchev–Trinajstić information content (AvgIpc) is 3.22. The van der Waals surface area contributed by atoms with E-state index in [9.17, 15) is 4.79 Å². The summed E-state index contributed by atoms with van der Waals surface area (Å²) in [4.78, 5) is 20.7. The van der Waals surface area contributed by atoms with Crippen molar-refractivity contribution in [2.75, 3.05) is 0 Å². The number of carbonyl (C=O) groups is 1. The van der Waals surface area contributed by atoms with Gasteiger partial charge in [0.25, 0.3) is 5.91 Å². The second-order valence-corrected chi connectivity index (χ2v) is 11.6. The number of hydrogen-bond acceptors (Lipinski definition) is 4. The van der Waals surface area contributed by atoms with E-state index in [1.54, 1.807) is 41.3 Å². The number of thioether (sulfide) groups is 1. The Bertz CT molecular complexity index is 1590. The van der Waals surface area contributed by atoms with Crippen LogP contribution in [0.15, 0.2) is 101 Å². The molecule has 0 N–H and O–H groups in total. The van der Waals surface area contributed by atoms with Crippen LogP contribution in [0.1, 0.15) is 22.3 Å². The molecule has 0 spiro atoms. The van der Waals surface area contributed by atoms with Gasteiger partial charge in [-0.05, 0) is 53.2 Å². The van der Waals surface area contributed by atoms with E-state index in [0.717, 1.165) is 16.7 Å². The predicted octanol–water partition coefficient (Wildman–Crippen LogP) is 9.55. The van der Waals surface area contributed by atoms with E-state index < -0.39 is 0 Å². The van der Waals surface area contributed by atoms with Crippen LogP contribution in [0.25, 0.3) is 6.08 Å². The summed E-state index contributed by atoms with van der Waals surface area (Å²) in [7, 11) is 0. The molecule has 9 heteroatoms. The Morgan fingerprint density at radius 3 is 2.17 bits per heavy atom. The van der Waals surface area contributed by atoms with Crippen molar-refractivity contribution in [2.45, 2.75) is 19.7 Å². The lowest BCUT2D eigenvalue weighted by Crippen LogP contribution is -2.28. The van der Waals surface area contributed by atoms with Crippen LogP contribution in [0, 0.1) is 0 Å². The highest BCUT2D eigenvalue weighted by Crippen LogP contribution is 2.39. The second kappa shape index (κ2) is 13.2. The molecule has 1 amide bonds. The van der Waals surface area contributed by atoms with E-state index in [0.29, 0.717) is 54.6 Å². The second-order valence-electron chi connectivity index (χ2n) is 8.90. The molecule has 0 radical (unpaired) electrons. The van der Waals surface area contributed by atoms with Gasteiger partial charge < -0.3 is 4.74 Å². The number of aliphatic imine (C=N–C) groups is 1. The molecule has 1 aliphatic rings. The molecule has 4 aromatic carbocycles. The third kappa shape index (κ3) is 7.03. The van der Waals surface area contributed by atoms with E-state index in [1.165, 1.54) is 11.8 Å². The third-order valence-corrected chi connectivity index (χ3v) is 8.15. The van der Waals surface area contributed by atoms with Gasteiger partial charge in [-0.15, -0.1) is 0 Å². The van der Waals surface area contributed by atoms with E-state index in [2.05, 4.69) is 0 Å². The highest BCUT2D eigenvalue weighted by Gasteiger charge is 2.33. The molecular formula is C31H22Cl4N2O2S. The first-order chi connectivity index (χ1) is 19.4. The number of hydrogen-bond donors (Lipinski definition) is 0. The quantitative estimate of drug-likeness (QED) is 0.183. The van der Waals surface area contributed by atoms with Gasteiger partial charge in [0, 0.05) is 26.2 Å². The van der Waals surface area contributed by atoms with Crippen molar-refractivity contribution in [1.29, 1.82) is 0 Å². The van der Waals surface area contributed by atoms with Gasteiger partial charge in [0.2, 0.25) is 0 Å². The summed E-state index contributed by atoms with van der Waals surface area (Å²) in [6, 6.07) is 28.2. The maximum atomic E-state index is 13.7. The maximum Gasteiger partial charge on any atom is 0.267 e. The molecule has 0 aliphatic carbocycles. The molecular weight excluding hydrogens is 606 g/mol. The smallest absolute Gasteiger partial charge is 0.267 e. The van der Waals surface area contributed by atoms with Gasteiger partial charge in [-0.3, -0.25) is 14.7 Å². The van der Waals surface area contributed by atoms with E-state index in [1.807, 2.05) is 60.7 Å². The van der Waals surface area contributed by atoms with Gasteiger partial charge in [0.15, 0.2) is 5.17 Å². The van der Waals surface area contributed by atoms with Crippen LogP contribution in [-0.4, -0.2) is 16.0 Å². The number of ether oxygens (including phenoxy) is 1. The van der Waals surface area contributed by atoms with Crippen LogP contribution >= 0.6 is 58.2 Å². The number of amidine groups is 1. The normalized spacial score (nSPS) is 15.3. The zero-order valence-electron chi connectivity index (χ0n) is 21.0. The van der Waals surface area contributed by atoms with Crippen LogP contribution in [0.3, 0.4) is 0 Å². The summed E-state index contributed by atoms with van der Waals surface area (Å²) < 4.78 is 6.10. The number of benzene rings is 4. The first kappa shape index (κ1) is 28.6. The zero-order chi connectivity index (χ0) is 28.1. The molecule has 0 unspecified atom stereocenters.